The van der Waals surface area contributed by atoms with E-state index in [1.807, 2.05) is 91.0 Å². The molecule has 71 heavy (non-hydrogen) atoms. The standard InChI is InChI=1S/C63H59N3O4S/c1-45-38-40-51(41-39-45)63(49-29-13-5-14-30-49,50-31-15-6-16-32-50)64-42-22-21-37-57(66-61(69)70-44-56-54-35-19-17-33-52(54)53-34-18-20-36-55(53)56)59(67)65-58(60(68)71)43-62(46-23-7-2-8-24-46,47-25-9-3-10-26-47)48-27-11-4-12-28-48/h2-20,23-36,38-41,56-58,64H,21-22,37,42-44H2,1H3,(H,65,67)(H,66,69)(H,68,71). The van der Waals surface area contributed by atoms with Crippen LogP contribution in [0.3, 0.4) is 0 Å². The zero-order chi connectivity index (χ0) is 49.0. The minimum absolute atomic E-state index is 0.0870. The number of carbonyl (C=O) groups excluding carboxylic acids is 3. The van der Waals surface area contributed by atoms with E-state index in [1.54, 1.807) is 0 Å². The van der Waals surface area contributed by atoms with Crippen molar-refractivity contribution in [2.75, 3.05) is 13.2 Å². The van der Waals surface area contributed by atoms with Crippen molar-refractivity contribution in [3.05, 3.63) is 275 Å². The third-order valence-corrected chi connectivity index (χ3v) is 14.4. The number of benzene rings is 8. The molecule has 0 radical (unpaired) electrons. The molecule has 0 saturated heterocycles. The normalized spacial score (nSPS) is 13.0. The lowest BCUT2D eigenvalue weighted by Crippen LogP contribution is -2.53. The van der Waals surface area contributed by atoms with E-state index in [9.17, 15) is 14.4 Å². The largest absolute Gasteiger partial charge is 0.449 e. The minimum atomic E-state index is -1.05. The van der Waals surface area contributed by atoms with Crippen LogP contribution in [0.15, 0.2) is 224 Å². The Hall–Kier alpha value is -7.52. The van der Waals surface area contributed by atoms with Gasteiger partial charge in [0.05, 0.1) is 11.6 Å². The van der Waals surface area contributed by atoms with Crippen LogP contribution in [0.4, 0.5) is 4.79 Å². The summed E-state index contributed by atoms with van der Waals surface area (Å²) in [6.07, 6.45) is 0.959. The molecule has 8 aromatic carbocycles. The van der Waals surface area contributed by atoms with Gasteiger partial charge in [0.2, 0.25) is 11.0 Å². The number of aryl methyl sites for hydroxylation is 1. The minimum Gasteiger partial charge on any atom is -0.449 e. The molecule has 0 aliphatic heterocycles. The molecule has 0 bridgehead atoms. The van der Waals surface area contributed by atoms with E-state index in [0.29, 0.717) is 19.4 Å². The van der Waals surface area contributed by atoms with E-state index in [2.05, 4.69) is 169 Å². The van der Waals surface area contributed by atoms with Gasteiger partial charge in [0.1, 0.15) is 12.6 Å². The van der Waals surface area contributed by atoms with Crippen molar-refractivity contribution >= 4 is 29.7 Å². The van der Waals surface area contributed by atoms with E-state index in [1.165, 1.54) is 5.56 Å². The molecule has 2 amide bonds. The second-order valence-electron chi connectivity index (χ2n) is 18.4. The lowest BCUT2D eigenvalue weighted by Gasteiger charge is -2.38. The van der Waals surface area contributed by atoms with Crippen molar-refractivity contribution in [2.24, 2.45) is 0 Å². The number of hydrogen-bond acceptors (Lipinski definition) is 5. The maximum Gasteiger partial charge on any atom is 0.407 e. The Kier molecular flexibility index (Phi) is 15.4. The maximum atomic E-state index is 14.9. The molecule has 2 unspecified atom stereocenters. The lowest BCUT2D eigenvalue weighted by atomic mass is 9.66. The van der Waals surface area contributed by atoms with Gasteiger partial charge in [0, 0.05) is 11.3 Å². The van der Waals surface area contributed by atoms with E-state index < -0.39 is 40.2 Å². The van der Waals surface area contributed by atoms with Gasteiger partial charge in [0.15, 0.2) is 0 Å². The number of amides is 2. The maximum absolute atomic E-state index is 14.9. The second-order valence-corrected chi connectivity index (χ2v) is 18.8. The van der Waals surface area contributed by atoms with Gasteiger partial charge in [0.25, 0.3) is 0 Å². The third kappa shape index (κ3) is 10.5. The van der Waals surface area contributed by atoms with Gasteiger partial charge in [-0.25, -0.2) is 4.79 Å². The number of unbranched alkanes of at least 4 members (excludes halogenated alkanes) is 1. The zero-order valence-electron chi connectivity index (χ0n) is 39.9. The second kappa shape index (κ2) is 22.5. The molecule has 0 heterocycles. The van der Waals surface area contributed by atoms with E-state index in [0.717, 1.165) is 55.6 Å². The lowest BCUT2D eigenvalue weighted by molar-refractivity contribution is -0.126. The van der Waals surface area contributed by atoms with Crippen LogP contribution in [0.5, 0.6) is 0 Å². The summed E-state index contributed by atoms with van der Waals surface area (Å²) in [7, 11) is 0. The quantitative estimate of drug-likeness (QED) is 0.0347. The predicted molar refractivity (Wildman–Crippen MR) is 288 cm³/mol. The van der Waals surface area contributed by atoms with Crippen molar-refractivity contribution in [1.82, 2.24) is 16.0 Å². The van der Waals surface area contributed by atoms with Gasteiger partial charge >= 0.3 is 6.09 Å². The predicted octanol–water partition coefficient (Wildman–Crippen LogP) is 12.3. The Morgan fingerprint density at radius 3 is 1.39 bits per heavy atom. The molecule has 9 rings (SSSR count). The fourth-order valence-electron chi connectivity index (χ4n) is 10.6. The van der Waals surface area contributed by atoms with Crippen LogP contribution < -0.4 is 16.0 Å². The van der Waals surface area contributed by atoms with Crippen LogP contribution in [0.2, 0.25) is 0 Å². The van der Waals surface area contributed by atoms with Crippen molar-refractivity contribution in [3.63, 3.8) is 0 Å². The first-order valence-electron chi connectivity index (χ1n) is 24.5. The smallest absolute Gasteiger partial charge is 0.407 e. The van der Waals surface area contributed by atoms with Crippen molar-refractivity contribution < 1.29 is 19.1 Å². The van der Waals surface area contributed by atoms with E-state index in [4.69, 9.17) is 4.74 Å². The molecule has 356 valence electrons. The first-order chi connectivity index (χ1) is 34.8. The number of alkyl carbamates (subject to hydrolysis) is 1. The first-order valence-corrected chi connectivity index (χ1v) is 25.0. The summed E-state index contributed by atoms with van der Waals surface area (Å²) in [4.78, 5) is 42.8. The summed E-state index contributed by atoms with van der Waals surface area (Å²) in [5.74, 6) is -0.660. The van der Waals surface area contributed by atoms with Gasteiger partial charge in [-0.3, -0.25) is 14.9 Å². The molecule has 8 aromatic rings. The fraction of sp³-hybridized carbons (Fsp3) is 0.190. The van der Waals surface area contributed by atoms with Crippen LogP contribution in [0.25, 0.3) is 11.1 Å². The highest BCUT2D eigenvalue weighted by Gasteiger charge is 2.41. The number of ether oxygens (including phenoxy) is 1. The molecule has 7 nitrogen and oxygen atoms in total. The zero-order valence-corrected chi connectivity index (χ0v) is 40.8. The van der Waals surface area contributed by atoms with Gasteiger partial charge in [-0.1, -0.05) is 230 Å². The summed E-state index contributed by atoms with van der Waals surface area (Å²) in [5, 5.41) is 9.51. The number of thiol groups is 1. The van der Waals surface area contributed by atoms with Crippen LogP contribution >= 0.6 is 12.6 Å². The molecule has 1 aliphatic rings. The van der Waals surface area contributed by atoms with Gasteiger partial charge in [-0.05, 0) is 94.8 Å². The monoisotopic (exact) mass is 953 g/mol. The molecule has 0 saturated carbocycles. The van der Waals surface area contributed by atoms with Gasteiger partial charge < -0.3 is 15.4 Å². The van der Waals surface area contributed by atoms with Crippen molar-refractivity contribution in [1.29, 1.82) is 0 Å². The number of hydrogen-bond donors (Lipinski definition) is 4. The summed E-state index contributed by atoms with van der Waals surface area (Å²) in [6.45, 7) is 2.76. The Balaban J connectivity index is 0.986. The molecule has 0 fully saturated rings. The number of nitrogens with one attached hydrogen (secondary N) is 3. The molecule has 0 aromatic heterocycles. The molecule has 8 heteroatoms. The van der Waals surface area contributed by atoms with E-state index >= 15 is 0 Å². The SMILES string of the molecule is Cc1ccc(C(NCCCCC(NC(=O)OCC2c3ccccc3-c3ccccc32)C(=O)NC(CC(c2ccccc2)(c2ccccc2)c2ccccc2)C(=O)S)(c2ccccc2)c2ccccc2)cc1. The topological polar surface area (TPSA) is 96.5 Å². The third-order valence-electron chi connectivity index (χ3n) is 14.1. The highest BCUT2D eigenvalue weighted by atomic mass is 32.1. The van der Waals surface area contributed by atoms with Crippen molar-refractivity contribution in [2.45, 2.75) is 61.6 Å². The average Bonchev–Trinajstić information content (AvgIpc) is 3.74. The molecular formula is C63H59N3O4S. The number of fused-ring (bicyclic) bond motifs is 3. The first kappa shape index (κ1) is 48.5. The molecule has 2 atom stereocenters. The van der Waals surface area contributed by atoms with Gasteiger partial charge in [-0.15, -0.1) is 12.6 Å². The fourth-order valence-corrected chi connectivity index (χ4v) is 10.7. The highest BCUT2D eigenvalue weighted by molar-refractivity contribution is 7.96. The highest BCUT2D eigenvalue weighted by Crippen LogP contribution is 2.45. The average molecular weight is 954 g/mol. The Morgan fingerprint density at radius 2 is 0.930 bits per heavy atom. The number of carbonyl (C=O) groups is 3. The summed E-state index contributed by atoms with van der Waals surface area (Å²) in [5.41, 5.74) is 10.2. The van der Waals surface area contributed by atoms with Crippen LogP contribution in [0, 0.1) is 6.92 Å². The Labute approximate surface area is 423 Å². The summed E-state index contributed by atoms with van der Waals surface area (Å²) < 4.78 is 6.03. The summed E-state index contributed by atoms with van der Waals surface area (Å²) in [6, 6.07) is 74.0. The van der Waals surface area contributed by atoms with Crippen molar-refractivity contribution in [3.8, 4) is 11.1 Å². The molecular weight excluding hydrogens is 895 g/mol. The molecule has 0 spiro atoms. The van der Waals surface area contributed by atoms with Crippen LogP contribution in [0.1, 0.15) is 81.7 Å². The van der Waals surface area contributed by atoms with Crippen LogP contribution in [-0.4, -0.2) is 42.4 Å². The summed E-state index contributed by atoms with van der Waals surface area (Å²) >= 11 is 4.43. The number of rotatable bonds is 20. The van der Waals surface area contributed by atoms with Crippen LogP contribution in [-0.2, 0) is 25.3 Å². The Morgan fingerprint density at radius 1 is 0.507 bits per heavy atom. The Bertz CT molecular complexity index is 2840. The molecule has 1 aliphatic carbocycles. The van der Waals surface area contributed by atoms with Gasteiger partial charge in [-0.2, -0.15) is 0 Å². The van der Waals surface area contributed by atoms with E-state index in [-0.39, 0.29) is 25.4 Å². The molecule has 3 N–H and O–H groups in total.